The standard InChI is InChI=1S/C30H26O4P2/c1-30(2)17-5-12-24(36(27-15-8-20-33-27)28-16-9-21-34-28)29(30)22-10-3-4-11-23(22)35(25-13-6-18-31-25)26-14-7-19-32-26/h3-21,29H,1-2H3. The minimum Gasteiger partial charge on any atom is -0.464 e. The SMILES string of the molecule is CC1(C)C=CC=C(P(c2ccco2)c2ccco2)C1c1ccccc1P(c1ccco1)c1ccco1. The third kappa shape index (κ3) is 4.15. The first-order valence-corrected chi connectivity index (χ1v) is 14.5. The Hall–Kier alpha value is -3.32. The maximum absolute atomic E-state index is 6.00. The minimum atomic E-state index is -1.01. The van der Waals surface area contributed by atoms with Gasteiger partial charge in [0.1, 0.15) is 22.0 Å². The highest BCUT2D eigenvalue weighted by atomic mass is 31.1. The molecule has 0 saturated carbocycles. The van der Waals surface area contributed by atoms with Crippen molar-refractivity contribution < 1.29 is 17.7 Å². The van der Waals surface area contributed by atoms with Crippen LogP contribution in [-0.4, -0.2) is 0 Å². The average Bonchev–Trinajstić information content (AvgIpc) is 3.70. The average molecular weight is 512 g/mol. The monoisotopic (exact) mass is 512 g/mol. The molecule has 0 bridgehead atoms. The molecule has 6 rings (SSSR count). The van der Waals surface area contributed by atoms with Gasteiger partial charge in [-0.3, -0.25) is 0 Å². The zero-order valence-corrected chi connectivity index (χ0v) is 21.9. The van der Waals surface area contributed by atoms with E-state index < -0.39 is 15.8 Å². The van der Waals surface area contributed by atoms with Gasteiger partial charge in [0.2, 0.25) is 0 Å². The van der Waals surface area contributed by atoms with Gasteiger partial charge in [-0.15, -0.1) is 0 Å². The lowest BCUT2D eigenvalue weighted by atomic mass is 9.72. The normalized spacial score (nSPS) is 17.1. The van der Waals surface area contributed by atoms with Gasteiger partial charge in [0, 0.05) is 5.92 Å². The molecule has 6 heteroatoms. The van der Waals surface area contributed by atoms with Gasteiger partial charge in [0.25, 0.3) is 0 Å². The Kier molecular flexibility index (Phi) is 6.17. The predicted molar refractivity (Wildman–Crippen MR) is 147 cm³/mol. The van der Waals surface area contributed by atoms with Crippen molar-refractivity contribution in [3.63, 3.8) is 0 Å². The molecule has 1 aliphatic rings. The van der Waals surface area contributed by atoms with E-state index in [4.69, 9.17) is 17.7 Å². The second-order valence-electron chi connectivity index (χ2n) is 9.24. The van der Waals surface area contributed by atoms with Crippen molar-refractivity contribution in [2.75, 3.05) is 0 Å². The summed E-state index contributed by atoms with van der Waals surface area (Å²) < 4.78 is 23.9. The first-order chi connectivity index (χ1) is 17.6. The van der Waals surface area contributed by atoms with Crippen LogP contribution in [0.25, 0.3) is 0 Å². The molecule has 180 valence electrons. The van der Waals surface area contributed by atoms with Crippen LogP contribution in [0, 0.1) is 5.41 Å². The fourth-order valence-electron chi connectivity index (χ4n) is 4.96. The van der Waals surface area contributed by atoms with Gasteiger partial charge in [-0.25, -0.2) is 0 Å². The van der Waals surface area contributed by atoms with Crippen molar-refractivity contribution in [1.29, 1.82) is 0 Å². The summed E-state index contributed by atoms with van der Waals surface area (Å²) >= 11 is 0. The lowest BCUT2D eigenvalue weighted by Crippen LogP contribution is -2.31. The van der Waals surface area contributed by atoms with Crippen molar-refractivity contribution in [2.45, 2.75) is 19.8 Å². The Morgan fingerprint density at radius 2 is 1.11 bits per heavy atom. The summed E-state index contributed by atoms with van der Waals surface area (Å²) in [5, 5.41) is 2.52. The van der Waals surface area contributed by atoms with Crippen molar-refractivity contribution in [3.8, 4) is 0 Å². The Bertz CT molecular complexity index is 1390. The molecule has 0 N–H and O–H groups in total. The molecule has 0 saturated heterocycles. The fraction of sp³-hybridized carbons (Fsp3) is 0.133. The number of furan rings is 4. The van der Waals surface area contributed by atoms with Gasteiger partial charge in [0.15, 0.2) is 0 Å². The summed E-state index contributed by atoms with van der Waals surface area (Å²) in [6, 6.07) is 24.7. The third-order valence-electron chi connectivity index (χ3n) is 6.49. The van der Waals surface area contributed by atoms with Crippen LogP contribution in [0.4, 0.5) is 0 Å². The van der Waals surface area contributed by atoms with Crippen LogP contribution < -0.4 is 27.3 Å². The van der Waals surface area contributed by atoms with Gasteiger partial charge in [-0.05, 0) is 70.1 Å². The van der Waals surface area contributed by atoms with Crippen molar-refractivity contribution in [3.05, 3.63) is 127 Å². The molecule has 0 aliphatic heterocycles. The Morgan fingerprint density at radius 1 is 0.611 bits per heavy atom. The highest BCUT2D eigenvalue weighted by molar-refractivity contribution is 7.79. The van der Waals surface area contributed by atoms with Crippen LogP contribution in [0.1, 0.15) is 25.3 Å². The molecule has 0 radical (unpaired) electrons. The van der Waals surface area contributed by atoms with E-state index >= 15 is 0 Å². The summed E-state index contributed by atoms with van der Waals surface area (Å²) in [6.45, 7) is 4.61. The number of hydrogen-bond acceptors (Lipinski definition) is 4. The Morgan fingerprint density at radius 3 is 1.61 bits per heavy atom. The molecule has 4 aromatic heterocycles. The van der Waals surface area contributed by atoms with Crippen LogP contribution >= 0.6 is 15.8 Å². The summed E-state index contributed by atoms with van der Waals surface area (Å²) in [6.07, 6.45) is 13.7. The second kappa shape index (κ2) is 9.62. The van der Waals surface area contributed by atoms with Crippen LogP contribution in [0.3, 0.4) is 0 Å². The van der Waals surface area contributed by atoms with E-state index in [1.165, 1.54) is 16.2 Å². The van der Waals surface area contributed by atoms with Gasteiger partial charge in [-0.1, -0.05) is 56.3 Å². The second-order valence-corrected chi connectivity index (χ2v) is 13.3. The van der Waals surface area contributed by atoms with E-state index in [0.29, 0.717) is 0 Å². The van der Waals surface area contributed by atoms with E-state index in [1.54, 1.807) is 25.1 Å². The molecular weight excluding hydrogens is 486 g/mol. The topological polar surface area (TPSA) is 52.6 Å². The quantitative estimate of drug-likeness (QED) is 0.233. The molecule has 36 heavy (non-hydrogen) atoms. The molecule has 1 aliphatic carbocycles. The Labute approximate surface area is 212 Å². The van der Waals surface area contributed by atoms with E-state index in [9.17, 15) is 0 Å². The molecule has 1 aromatic carbocycles. The molecule has 5 aromatic rings. The number of rotatable bonds is 7. The molecule has 0 amide bonds. The highest BCUT2D eigenvalue weighted by Gasteiger charge is 2.41. The molecule has 0 fully saturated rings. The van der Waals surface area contributed by atoms with Crippen LogP contribution in [0.15, 0.2) is 139 Å². The molecule has 0 spiro atoms. The zero-order chi connectivity index (χ0) is 24.5. The molecular formula is C30H26O4P2. The fourth-order valence-corrected chi connectivity index (χ4v) is 9.65. The maximum Gasteiger partial charge on any atom is 0.137 e. The predicted octanol–water partition coefficient (Wildman–Crippen LogP) is 6.51. The number of benzene rings is 1. The van der Waals surface area contributed by atoms with Crippen LogP contribution in [0.2, 0.25) is 0 Å². The first kappa shape index (κ1) is 23.1. The largest absolute Gasteiger partial charge is 0.464 e. The van der Waals surface area contributed by atoms with Crippen molar-refractivity contribution in [2.24, 2.45) is 5.41 Å². The van der Waals surface area contributed by atoms with E-state index in [-0.39, 0.29) is 11.3 Å². The summed E-state index contributed by atoms with van der Waals surface area (Å²) in [5.41, 5.74) is 4.82. The molecule has 1 unspecified atom stereocenters. The van der Waals surface area contributed by atoms with Crippen LogP contribution in [-0.2, 0) is 0 Å². The Balaban J connectivity index is 1.55. The van der Waals surface area contributed by atoms with Crippen LogP contribution in [0.5, 0.6) is 0 Å². The van der Waals surface area contributed by atoms with Crippen molar-refractivity contribution >= 4 is 43.2 Å². The third-order valence-corrected chi connectivity index (χ3v) is 11.1. The van der Waals surface area contributed by atoms with Gasteiger partial charge in [0.05, 0.1) is 40.9 Å². The summed E-state index contributed by atoms with van der Waals surface area (Å²) in [4.78, 5) is 0. The van der Waals surface area contributed by atoms with E-state index in [0.717, 1.165) is 22.0 Å². The first-order valence-electron chi connectivity index (χ1n) is 11.9. The molecule has 1 atom stereocenters. The minimum absolute atomic E-state index is 0.0925. The molecule has 4 nitrogen and oxygen atoms in total. The van der Waals surface area contributed by atoms with Gasteiger partial charge in [-0.2, -0.15) is 0 Å². The van der Waals surface area contributed by atoms with E-state index in [2.05, 4.69) is 68.5 Å². The van der Waals surface area contributed by atoms with Gasteiger partial charge >= 0.3 is 0 Å². The number of allylic oxidation sites excluding steroid dienone is 4. The highest BCUT2D eigenvalue weighted by Crippen LogP contribution is 2.58. The lowest BCUT2D eigenvalue weighted by Gasteiger charge is -2.40. The van der Waals surface area contributed by atoms with Gasteiger partial charge < -0.3 is 17.7 Å². The summed E-state index contributed by atoms with van der Waals surface area (Å²) in [7, 11) is -2.01. The van der Waals surface area contributed by atoms with E-state index in [1.807, 2.05) is 36.4 Å². The zero-order valence-electron chi connectivity index (χ0n) is 20.1. The lowest BCUT2D eigenvalue weighted by molar-refractivity contribution is 0.418. The maximum atomic E-state index is 6.00. The molecule has 4 heterocycles. The van der Waals surface area contributed by atoms with Crippen molar-refractivity contribution in [1.82, 2.24) is 0 Å². The number of hydrogen-bond donors (Lipinski definition) is 0. The summed E-state index contributed by atoms with van der Waals surface area (Å²) in [5.74, 6) is 0.0925. The smallest absolute Gasteiger partial charge is 0.137 e.